The van der Waals surface area contributed by atoms with E-state index in [9.17, 15) is 0 Å². The highest BCUT2D eigenvalue weighted by molar-refractivity contribution is 4.80. The van der Waals surface area contributed by atoms with Crippen LogP contribution in [0.3, 0.4) is 0 Å². The van der Waals surface area contributed by atoms with E-state index in [0.717, 1.165) is 4.48 Å². The highest BCUT2D eigenvalue weighted by Crippen LogP contribution is 2.09. The quantitative estimate of drug-likeness (QED) is 0.336. The van der Waals surface area contributed by atoms with Crippen LogP contribution in [0.15, 0.2) is 24.6 Å². The first-order valence-electron chi connectivity index (χ1n) is 9.31. The molecular weight excluding hydrogens is 290 g/mol. The van der Waals surface area contributed by atoms with Crippen molar-refractivity contribution in [3.63, 3.8) is 0 Å². The minimum atomic E-state index is 0. The molecule has 0 atom stereocenters. The molecule has 2 heteroatoms. The third-order valence-corrected chi connectivity index (χ3v) is 3.93. The van der Waals surface area contributed by atoms with Crippen LogP contribution in [0.2, 0.25) is 0 Å². The molecule has 132 valence electrons. The van der Waals surface area contributed by atoms with E-state index in [4.69, 9.17) is 0 Å². The highest BCUT2D eigenvalue weighted by Gasteiger charge is 2.04. The maximum Gasteiger partial charge on any atom is 0.0959 e. The molecule has 0 aromatic heterocycles. The Morgan fingerprint density at radius 1 is 0.591 bits per heavy atom. The van der Waals surface area contributed by atoms with E-state index in [0.29, 0.717) is 0 Å². The van der Waals surface area contributed by atoms with Gasteiger partial charge in [-0.1, -0.05) is 65.2 Å². The first kappa shape index (κ1) is 24.0. The molecule has 0 aliphatic carbocycles. The zero-order chi connectivity index (χ0) is 15.8. The maximum atomic E-state index is 2.36. The van der Waals surface area contributed by atoms with Crippen molar-refractivity contribution in [1.29, 1.82) is 0 Å². The Labute approximate surface area is 146 Å². The third kappa shape index (κ3) is 17.8. The molecule has 0 aliphatic heterocycles. The zero-order valence-electron chi connectivity index (χ0n) is 15.6. The van der Waals surface area contributed by atoms with Gasteiger partial charge >= 0.3 is 0 Å². The molecule has 1 nitrogen and oxygen atoms in total. The summed E-state index contributed by atoms with van der Waals surface area (Å²) < 4.78 is 0.879. The molecule has 22 heavy (non-hydrogen) atoms. The molecule has 0 bridgehead atoms. The minimum absolute atomic E-state index is 0. The van der Waals surface area contributed by atoms with Gasteiger partial charge in [0.2, 0.25) is 0 Å². The second-order valence-corrected chi connectivity index (χ2v) is 6.80. The van der Waals surface area contributed by atoms with Gasteiger partial charge in [-0.25, -0.2) is 0 Å². The van der Waals surface area contributed by atoms with Crippen LogP contribution in [-0.2, 0) is 0 Å². The fraction of sp³-hybridized carbons (Fsp3) is 0.800. The van der Waals surface area contributed by atoms with Crippen LogP contribution in [0.25, 0.3) is 0 Å². The Balaban J connectivity index is 0. The van der Waals surface area contributed by atoms with Crippen LogP contribution in [0, 0.1) is 0 Å². The average molecular weight is 330 g/mol. The van der Waals surface area contributed by atoms with Crippen molar-refractivity contribution in [2.24, 2.45) is 0 Å². The highest BCUT2D eigenvalue weighted by atomic mass is 35.5. The lowest BCUT2D eigenvalue weighted by molar-refractivity contribution is -0.784. The van der Waals surface area contributed by atoms with Crippen molar-refractivity contribution < 1.29 is 16.9 Å². The summed E-state index contributed by atoms with van der Waals surface area (Å²) in [5.74, 6) is 0. The van der Waals surface area contributed by atoms with Crippen molar-refractivity contribution in [1.82, 2.24) is 0 Å². The van der Waals surface area contributed by atoms with Gasteiger partial charge < -0.3 is 12.4 Å². The predicted octanol–water partition coefficient (Wildman–Crippen LogP) is 3.82. The van der Waals surface area contributed by atoms with E-state index in [1.54, 1.807) is 0 Å². The molecule has 0 amide bonds. The molecule has 0 fully saturated rings. The molecule has 0 saturated carbocycles. The number of hydrogen-bond acceptors (Lipinski definition) is 0. The summed E-state index contributed by atoms with van der Waals surface area (Å²) >= 11 is 0. The van der Waals surface area contributed by atoms with Crippen LogP contribution in [0.1, 0.15) is 90.9 Å². The van der Waals surface area contributed by atoms with Gasteiger partial charge in [0.05, 0.1) is 26.5 Å². The summed E-state index contributed by atoms with van der Waals surface area (Å²) in [6, 6.07) is 0. The number of unbranched alkanes of at least 4 members (excludes halogenated alkanes) is 10. The Morgan fingerprint density at radius 2 is 0.955 bits per heavy atom. The summed E-state index contributed by atoms with van der Waals surface area (Å²) in [6.07, 6.45) is 25.6. The monoisotopic (exact) mass is 329 g/mol. The lowest BCUT2D eigenvalue weighted by Crippen LogP contribution is -3.00. The molecule has 0 saturated heterocycles. The second-order valence-electron chi connectivity index (χ2n) is 6.80. The Kier molecular flexibility index (Phi) is 18.6. The van der Waals surface area contributed by atoms with Gasteiger partial charge in [0.1, 0.15) is 0 Å². The van der Waals surface area contributed by atoms with Crippen molar-refractivity contribution in [2.75, 3.05) is 14.1 Å². The van der Waals surface area contributed by atoms with Crippen LogP contribution in [-0.4, -0.2) is 18.6 Å². The van der Waals surface area contributed by atoms with E-state index in [1.807, 2.05) is 0 Å². The van der Waals surface area contributed by atoms with Gasteiger partial charge in [0.25, 0.3) is 0 Å². The summed E-state index contributed by atoms with van der Waals surface area (Å²) in [5, 5.41) is 0. The van der Waals surface area contributed by atoms with Crippen molar-refractivity contribution in [3.05, 3.63) is 24.6 Å². The molecule has 0 spiro atoms. The molecular formula is C20H40ClN. The van der Waals surface area contributed by atoms with Crippen LogP contribution in [0.4, 0.5) is 0 Å². The van der Waals surface area contributed by atoms with E-state index >= 15 is 0 Å². The van der Waals surface area contributed by atoms with Gasteiger partial charge in [-0.2, -0.15) is 0 Å². The smallest absolute Gasteiger partial charge is 0.0959 e. The molecule has 0 radical (unpaired) electrons. The molecule has 0 aromatic rings. The standard InChI is InChI=1S/C20H40N.ClH/c1-5-7-9-11-13-15-17-19-21(3,4)20-18-16-14-12-10-8-6-2;/h17-20H,5-16H2,1-4H3;1H/q+1;/p-1. The lowest BCUT2D eigenvalue weighted by Gasteiger charge is -2.19. The number of hydrogen-bond donors (Lipinski definition) is 0. The van der Waals surface area contributed by atoms with Gasteiger partial charge in [-0.15, -0.1) is 0 Å². The van der Waals surface area contributed by atoms with Gasteiger partial charge in [0.15, 0.2) is 0 Å². The number of rotatable bonds is 14. The summed E-state index contributed by atoms with van der Waals surface area (Å²) in [6.45, 7) is 4.55. The van der Waals surface area contributed by atoms with Crippen LogP contribution in [0.5, 0.6) is 0 Å². The first-order valence-corrected chi connectivity index (χ1v) is 9.31. The number of allylic oxidation sites excluding steroid dienone is 2. The Morgan fingerprint density at radius 3 is 1.32 bits per heavy atom. The lowest BCUT2D eigenvalue weighted by atomic mass is 10.1. The first-order chi connectivity index (χ1) is 10.1. The average Bonchev–Trinajstić information content (AvgIpc) is 2.45. The fourth-order valence-electron chi connectivity index (χ4n) is 2.47. The van der Waals surface area contributed by atoms with Crippen molar-refractivity contribution >= 4 is 0 Å². The second kappa shape index (κ2) is 17.1. The molecule has 0 aromatic carbocycles. The minimum Gasteiger partial charge on any atom is -1.00 e. The van der Waals surface area contributed by atoms with Gasteiger partial charge in [-0.3, -0.25) is 4.48 Å². The Bertz CT molecular complexity index is 243. The predicted molar refractivity (Wildman–Crippen MR) is 97.1 cm³/mol. The largest absolute Gasteiger partial charge is 1.00 e. The summed E-state index contributed by atoms with van der Waals surface area (Å²) in [7, 11) is 4.50. The van der Waals surface area contributed by atoms with E-state index in [2.05, 4.69) is 52.5 Å². The normalized spacial score (nSPS) is 12.2. The third-order valence-electron chi connectivity index (χ3n) is 3.93. The van der Waals surface area contributed by atoms with Crippen molar-refractivity contribution in [3.8, 4) is 0 Å². The van der Waals surface area contributed by atoms with Crippen LogP contribution < -0.4 is 12.4 Å². The number of halogens is 1. The molecule has 0 N–H and O–H groups in total. The maximum absolute atomic E-state index is 2.36. The SMILES string of the molecule is CCCCCCCC=C[N+](C)(C)C=CCCCCCCC.[Cl-]. The molecule has 0 unspecified atom stereocenters. The molecule has 0 heterocycles. The van der Waals surface area contributed by atoms with Gasteiger partial charge in [-0.05, 0) is 37.8 Å². The van der Waals surface area contributed by atoms with Crippen LogP contribution >= 0.6 is 0 Å². The van der Waals surface area contributed by atoms with E-state index in [1.165, 1.54) is 77.0 Å². The fourth-order valence-corrected chi connectivity index (χ4v) is 2.47. The number of nitrogens with zero attached hydrogens (tertiary/aromatic N) is 1. The van der Waals surface area contributed by atoms with E-state index < -0.39 is 0 Å². The number of quaternary nitrogens is 1. The summed E-state index contributed by atoms with van der Waals surface area (Å²) in [5.41, 5.74) is 0. The summed E-state index contributed by atoms with van der Waals surface area (Å²) in [4.78, 5) is 0. The van der Waals surface area contributed by atoms with Crippen molar-refractivity contribution in [2.45, 2.75) is 90.9 Å². The Hall–Kier alpha value is -0.270. The topological polar surface area (TPSA) is 0 Å². The van der Waals surface area contributed by atoms with E-state index in [-0.39, 0.29) is 12.4 Å². The molecule has 0 aliphatic rings. The zero-order valence-corrected chi connectivity index (χ0v) is 16.4. The van der Waals surface area contributed by atoms with Gasteiger partial charge in [0, 0.05) is 0 Å². The molecule has 0 rings (SSSR count).